The first-order valence-corrected chi connectivity index (χ1v) is 8.66. The van der Waals surface area contributed by atoms with Crippen molar-refractivity contribution in [2.75, 3.05) is 20.1 Å². The van der Waals surface area contributed by atoms with E-state index in [0.717, 1.165) is 12.6 Å². The number of nitrogens with two attached hydrogens (primary N) is 1. The van der Waals surface area contributed by atoms with Gasteiger partial charge in [0.1, 0.15) is 0 Å². The zero-order valence-corrected chi connectivity index (χ0v) is 13.0. The zero-order valence-electron chi connectivity index (χ0n) is 13.0. The third-order valence-corrected chi connectivity index (χ3v) is 5.79. The Morgan fingerprint density at radius 2 is 1.53 bits per heavy atom. The van der Waals surface area contributed by atoms with E-state index in [1.807, 2.05) is 0 Å². The van der Waals surface area contributed by atoms with E-state index in [9.17, 15) is 0 Å². The molecule has 0 heterocycles. The Bertz CT molecular complexity index is 238. The van der Waals surface area contributed by atoms with Gasteiger partial charge < -0.3 is 10.6 Å². The van der Waals surface area contributed by atoms with Gasteiger partial charge in [0.15, 0.2) is 0 Å². The summed E-state index contributed by atoms with van der Waals surface area (Å²) in [6, 6.07) is 0.848. The maximum atomic E-state index is 6.11. The van der Waals surface area contributed by atoms with E-state index in [1.54, 1.807) is 0 Å². The molecule has 19 heavy (non-hydrogen) atoms. The van der Waals surface area contributed by atoms with Gasteiger partial charge in [0.2, 0.25) is 0 Å². The van der Waals surface area contributed by atoms with Crippen molar-refractivity contribution in [3.63, 3.8) is 0 Å². The van der Waals surface area contributed by atoms with E-state index in [1.165, 1.54) is 83.6 Å². The summed E-state index contributed by atoms with van der Waals surface area (Å²) >= 11 is 0. The summed E-state index contributed by atoms with van der Waals surface area (Å²) in [6.45, 7) is 2.17. The first-order chi connectivity index (χ1) is 9.26. The molecule has 2 saturated carbocycles. The topological polar surface area (TPSA) is 29.3 Å². The van der Waals surface area contributed by atoms with Crippen LogP contribution in [0.1, 0.15) is 77.0 Å². The van der Waals surface area contributed by atoms with Crippen LogP contribution in [0.2, 0.25) is 0 Å². The smallest absolute Gasteiger partial charge is 0.00922 e. The summed E-state index contributed by atoms with van der Waals surface area (Å²) < 4.78 is 0. The second-order valence-electron chi connectivity index (χ2n) is 7.14. The molecule has 2 fully saturated rings. The minimum absolute atomic E-state index is 0.483. The summed E-state index contributed by atoms with van der Waals surface area (Å²) in [5, 5.41) is 0. The zero-order chi connectivity index (χ0) is 13.6. The molecule has 2 heteroatoms. The maximum absolute atomic E-state index is 6.11. The van der Waals surface area contributed by atoms with Gasteiger partial charge in [0.05, 0.1) is 0 Å². The van der Waals surface area contributed by atoms with Crippen LogP contribution in [0.3, 0.4) is 0 Å². The Morgan fingerprint density at radius 3 is 2.11 bits per heavy atom. The van der Waals surface area contributed by atoms with E-state index in [4.69, 9.17) is 5.73 Å². The molecule has 0 aromatic heterocycles. The van der Waals surface area contributed by atoms with Crippen LogP contribution in [0.5, 0.6) is 0 Å². The van der Waals surface area contributed by atoms with Gasteiger partial charge >= 0.3 is 0 Å². The normalized spacial score (nSPS) is 25.4. The van der Waals surface area contributed by atoms with Crippen LogP contribution in [0, 0.1) is 5.41 Å². The second-order valence-corrected chi connectivity index (χ2v) is 7.14. The fourth-order valence-electron chi connectivity index (χ4n) is 4.15. The van der Waals surface area contributed by atoms with Crippen molar-refractivity contribution in [1.29, 1.82) is 0 Å². The number of nitrogens with zero attached hydrogens (tertiary/aromatic N) is 1. The lowest BCUT2D eigenvalue weighted by Crippen LogP contribution is -2.39. The van der Waals surface area contributed by atoms with Gasteiger partial charge in [-0.2, -0.15) is 0 Å². The van der Waals surface area contributed by atoms with E-state index < -0.39 is 0 Å². The predicted molar refractivity (Wildman–Crippen MR) is 83.3 cm³/mol. The Hall–Kier alpha value is -0.0800. The average molecular weight is 266 g/mol. The fraction of sp³-hybridized carbons (Fsp3) is 1.00. The summed E-state index contributed by atoms with van der Waals surface area (Å²) in [4.78, 5) is 2.65. The molecule has 0 aliphatic heterocycles. The van der Waals surface area contributed by atoms with Crippen LogP contribution in [0.25, 0.3) is 0 Å². The summed E-state index contributed by atoms with van der Waals surface area (Å²) in [6.07, 6.45) is 17.0. The van der Waals surface area contributed by atoms with Crippen molar-refractivity contribution in [2.24, 2.45) is 11.1 Å². The molecule has 0 radical (unpaired) electrons. The molecule has 0 atom stereocenters. The number of rotatable bonds is 5. The van der Waals surface area contributed by atoms with Crippen molar-refractivity contribution in [2.45, 2.75) is 83.1 Å². The van der Waals surface area contributed by atoms with Crippen molar-refractivity contribution >= 4 is 0 Å². The van der Waals surface area contributed by atoms with Crippen LogP contribution in [0.4, 0.5) is 0 Å². The third-order valence-electron chi connectivity index (χ3n) is 5.79. The molecule has 0 unspecified atom stereocenters. The number of hydrogen-bond acceptors (Lipinski definition) is 2. The Labute approximate surface area is 120 Å². The summed E-state index contributed by atoms with van der Waals surface area (Å²) in [7, 11) is 2.35. The van der Waals surface area contributed by atoms with Crippen LogP contribution in [-0.2, 0) is 0 Å². The number of hydrogen-bond donors (Lipinski definition) is 1. The molecule has 0 amide bonds. The summed E-state index contributed by atoms with van der Waals surface area (Å²) in [5.74, 6) is 0. The Kier molecular flexibility index (Phi) is 6.15. The lowest BCUT2D eigenvalue weighted by atomic mass is 9.72. The SMILES string of the molecule is CN(CCC1(CN)CCCCC1)C1CCCCCC1. The van der Waals surface area contributed by atoms with Gasteiger partial charge in [-0.3, -0.25) is 0 Å². The Morgan fingerprint density at radius 1 is 0.947 bits per heavy atom. The molecule has 2 N–H and O–H groups in total. The highest BCUT2D eigenvalue weighted by Crippen LogP contribution is 2.38. The van der Waals surface area contributed by atoms with Crippen LogP contribution < -0.4 is 5.73 Å². The molecule has 2 aliphatic carbocycles. The molecular weight excluding hydrogens is 232 g/mol. The quantitative estimate of drug-likeness (QED) is 0.764. The van der Waals surface area contributed by atoms with Crippen molar-refractivity contribution in [3.05, 3.63) is 0 Å². The fourth-order valence-corrected chi connectivity index (χ4v) is 4.15. The van der Waals surface area contributed by atoms with Gasteiger partial charge in [0, 0.05) is 6.04 Å². The molecule has 0 bridgehead atoms. The lowest BCUT2D eigenvalue weighted by Gasteiger charge is -2.38. The largest absolute Gasteiger partial charge is 0.330 e. The monoisotopic (exact) mass is 266 g/mol. The van der Waals surface area contributed by atoms with Gasteiger partial charge in [-0.1, -0.05) is 44.9 Å². The van der Waals surface area contributed by atoms with E-state index >= 15 is 0 Å². The first-order valence-electron chi connectivity index (χ1n) is 8.66. The average Bonchev–Trinajstić information content (AvgIpc) is 2.75. The van der Waals surface area contributed by atoms with Gasteiger partial charge in [-0.25, -0.2) is 0 Å². The molecule has 112 valence electrons. The standard InChI is InChI=1S/C17H34N2/c1-19(16-9-5-2-3-6-10-16)14-13-17(15-18)11-7-4-8-12-17/h16H,2-15,18H2,1H3. The first kappa shape index (κ1) is 15.3. The van der Waals surface area contributed by atoms with Gasteiger partial charge in [-0.05, 0) is 57.7 Å². The van der Waals surface area contributed by atoms with Crippen molar-refractivity contribution in [1.82, 2.24) is 4.90 Å². The molecular formula is C17H34N2. The predicted octanol–water partition coefficient (Wildman–Crippen LogP) is 3.94. The van der Waals surface area contributed by atoms with Gasteiger partial charge in [-0.15, -0.1) is 0 Å². The van der Waals surface area contributed by atoms with E-state index in [2.05, 4.69) is 11.9 Å². The summed E-state index contributed by atoms with van der Waals surface area (Å²) in [5.41, 5.74) is 6.59. The van der Waals surface area contributed by atoms with Crippen LogP contribution in [-0.4, -0.2) is 31.1 Å². The van der Waals surface area contributed by atoms with Crippen molar-refractivity contribution < 1.29 is 0 Å². The minimum Gasteiger partial charge on any atom is -0.330 e. The molecule has 0 aromatic carbocycles. The van der Waals surface area contributed by atoms with Crippen LogP contribution >= 0.6 is 0 Å². The van der Waals surface area contributed by atoms with Gasteiger partial charge in [0.25, 0.3) is 0 Å². The van der Waals surface area contributed by atoms with E-state index in [-0.39, 0.29) is 0 Å². The van der Waals surface area contributed by atoms with E-state index in [0.29, 0.717) is 5.41 Å². The third kappa shape index (κ3) is 4.46. The Balaban J connectivity index is 1.79. The molecule has 0 saturated heterocycles. The second kappa shape index (κ2) is 7.64. The highest BCUT2D eigenvalue weighted by molar-refractivity contribution is 4.85. The molecule has 2 rings (SSSR count). The molecule has 2 aliphatic rings. The molecule has 0 aromatic rings. The minimum atomic E-state index is 0.483. The van der Waals surface area contributed by atoms with Crippen LogP contribution in [0.15, 0.2) is 0 Å². The highest BCUT2D eigenvalue weighted by atomic mass is 15.1. The maximum Gasteiger partial charge on any atom is 0.00922 e. The lowest BCUT2D eigenvalue weighted by molar-refractivity contribution is 0.134. The molecule has 2 nitrogen and oxygen atoms in total. The molecule has 0 spiro atoms. The van der Waals surface area contributed by atoms with Crippen molar-refractivity contribution in [3.8, 4) is 0 Å². The highest BCUT2D eigenvalue weighted by Gasteiger charge is 2.31.